The van der Waals surface area contributed by atoms with E-state index in [-0.39, 0.29) is 47.0 Å². The third kappa shape index (κ3) is 7.90. The minimum atomic E-state index is -4.97. The lowest BCUT2D eigenvalue weighted by Gasteiger charge is -2.29. The molecule has 1 aliphatic heterocycles. The summed E-state index contributed by atoms with van der Waals surface area (Å²) in [6.45, 7) is 1.94. The predicted molar refractivity (Wildman–Crippen MR) is 151 cm³/mol. The summed E-state index contributed by atoms with van der Waals surface area (Å²) in [6.07, 6.45) is -7.38. The van der Waals surface area contributed by atoms with Crippen LogP contribution in [-0.2, 0) is 33.6 Å². The highest BCUT2D eigenvalue weighted by Crippen LogP contribution is 2.40. The van der Waals surface area contributed by atoms with Gasteiger partial charge in [-0.1, -0.05) is 31.9 Å². The number of anilines is 2. The number of alkyl halides is 6. The molecule has 0 aromatic heterocycles. The largest absolute Gasteiger partial charge is 0.416 e. The Balaban J connectivity index is 1.52. The number of sulfonamides is 1. The van der Waals surface area contributed by atoms with E-state index in [1.807, 2.05) is 11.6 Å². The summed E-state index contributed by atoms with van der Waals surface area (Å²) in [5, 5.41) is 5.50. The molecule has 0 bridgehead atoms. The second-order valence-electron chi connectivity index (χ2n) is 10.4. The number of unbranched alkanes of at least 4 members (excludes halogenated alkanes) is 2. The molecule has 7 nitrogen and oxygen atoms in total. The van der Waals surface area contributed by atoms with Crippen molar-refractivity contribution in [3.63, 3.8) is 0 Å². The first-order valence-corrected chi connectivity index (χ1v) is 15.2. The number of hydrogen-bond donors (Lipinski definition) is 3. The van der Waals surface area contributed by atoms with Crippen LogP contribution in [0, 0.1) is 0 Å². The molecule has 0 aliphatic carbocycles. The zero-order valence-electron chi connectivity index (χ0n) is 23.4. The van der Waals surface area contributed by atoms with Crippen molar-refractivity contribution in [2.24, 2.45) is 0 Å². The van der Waals surface area contributed by atoms with Gasteiger partial charge in [0.15, 0.2) is 0 Å². The van der Waals surface area contributed by atoms with Gasteiger partial charge in [-0.05, 0) is 78.9 Å². The first-order chi connectivity index (χ1) is 20.6. The molecule has 3 aromatic rings. The smallest absolute Gasteiger partial charge is 0.378 e. The van der Waals surface area contributed by atoms with Crippen LogP contribution in [0.25, 0.3) is 0 Å². The second kappa shape index (κ2) is 12.9. The molecule has 4 rings (SSSR count). The maximum absolute atomic E-state index is 13.3. The van der Waals surface area contributed by atoms with Crippen molar-refractivity contribution >= 4 is 33.2 Å². The summed E-state index contributed by atoms with van der Waals surface area (Å²) in [6, 6.07) is 10.6. The highest BCUT2D eigenvalue weighted by Gasteiger charge is 2.38. The molecule has 236 valence electrons. The molecule has 1 heterocycles. The van der Waals surface area contributed by atoms with Gasteiger partial charge in [0, 0.05) is 17.7 Å². The topological polar surface area (TPSA) is 104 Å². The van der Waals surface area contributed by atoms with Gasteiger partial charge >= 0.3 is 12.4 Å². The quantitative estimate of drug-likeness (QED) is 0.166. The lowest BCUT2D eigenvalue weighted by molar-refractivity contribution is -0.143. The number of benzene rings is 3. The Bertz CT molecular complexity index is 1620. The highest BCUT2D eigenvalue weighted by atomic mass is 32.2. The molecule has 14 heteroatoms. The Hall–Kier alpha value is -4.07. The van der Waals surface area contributed by atoms with Crippen LogP contribution in [0.15, 0.2) is 65.6 Å². The fraction of sp³-hybridized carbons (Fsp3) is 0.333. The Kier molecular flexibility index (Phi) is 9.62. The minimum Gasteiger partial charge on any atom is -0.378 e. The van der Waals surface area contributed by atoms with Crippen molar-refractivity contribution in [2.45, 2.75) is 68.7 Å². The summed E-state index contributed by atoms with van der Waals surface area (Å²) in [5.74, 6) is -1.33. The van der Waals surface area contributed by atoms with E-state index in [1.165, 1.54) is 42.5 Å². The molecule has 0 saturated heterocycles. The van der Waals surface area contributed by atoms with E-state index in [1.54, 1.807) is 0 Å². The van der Waals surface area contributed by atoms with E-state index in [4.69, 9.17) is 0 Å². The van der Waals surface area contributed by atoms with Crippen LogP contribution < -0.4 is 15.4 Å². The van der Waals surface area contributed by atoms with Crippen LogP contribution in [0.2, 0.25) is 0 Å². The number of amides is 2. The van der Waals surface area contributed by atoms with Gasteiger partial charge < -0.3 is 10.6 Å². The normalized spacial score (nSPS) is 15.2. The van der Waals surface area contributed by atoms with Crippen molar-refractivity contribution in [1.29, 1.82) is 0 Å². The van der Waals surface area contributed by atoms with E-state index in [2.05, 4.69) is 10.6 Å². The predicted octanol–water partition coefficient (Wildman–Crippen LogP) is 7.46. The van der Waals surface area contributed by atoms with Gasteiger partial charge in [-0.15, -0.1) is 0 Å². The molecule has 44 heavy (non-hydrogen) atoms. The van der Waals surface area contributed by atoms with Gasteiger partial charge in [0.05, 0.1) is 22.9 Å². The molecule has 3 N–H and O–H groups in total. The number of fused-ring (bicyclic) bond motifs is 1. The maximum Gasteiger partial charge on any atom is 0.416 e. The number of hydrogen-bond acceptors (Lipinski definition) is 5. The van der Waals surface area contributed by atoms with Gasteiger partial charge in [-0.25, -0.2) is 13.1 Å². The first kappa shape index (κ1) is 32.8. The maximum atomic E-state index is 13.3. The Labute approximate surface area is 250 Å². The van der Waals surface area contributed by atoms with E-state index < -0.39 is 51.4 Å². The summed E-state index contributed by atoms with van der Waals surface area (Å²) >= 11 is 0. The summed E-state index contributed by atoms with van der Waals surface area (Å²) in [4.78, 5) is 24.9. The van der Waals surface area contributed by atoms with Crippen LogP contribution >= 0.6 is 0 Å². The molecule has 1 unspecified atom stereocenters. The molecule has 1 atom stereocenters. The summed E-state index contributed by atoms with van der Waals surface area (Å²) in [5.41, 5.74) is -1.88. The first-order valence-electron chi connectivity index (χ1n) is 13.7. The van der Waals surface area contributed by atoms with Crippen LogP contribution in [0.5, 0.6) is 0 Å². The van der Waals surface area contributed by atoms with Gasteiger partial charge in [0.1, 0.15) is 4.90 Å². The minimum absolute atomic E-state index is 0.0306. The fourth-order valence-corrected chi connectivity index (χ4v) is 6.04. The van der Waals surface area contributed by atoms with Gasteiger partial charge in [0.25, 0.3) is 15.9 Å². The average Bonchev–Trinajstić information content (AvgIpc) is 2.95. The third-order valence-electron chi connectivity index (χ3n) is 7.09. The zero-order valence-corrected chi connectivity index (χ0v) is 24.2. The summed E-state index contributed by atoms with van der Waals surface area (Å²) < 4.78 is 108. The Morgan fingerprint density at radius 1 is 0.909 bits per heavy atom. The molecule has 2 amide bonds. The van der Waals surface area contributed by atoms with Crippen LogP contribution in [-0.4, -0.2) is 20.2 Å². The van der Waals surface area contributed by atoms with E-state index in [0.717, 1.165) is 12.8 Å². The van der Waals surface area contributed by atoms with Crippen molar-refractivity contribution in [3.8, 4) is 0 Å². The van der Waals surface area contributed by atoms with Gasteiger partial charge in [-0.2, -0.15) is 26.3 Å². The molecular formula is C30H29F6N3O4S. The number of halogens is 6. The SMILES string of the molecule is CCCCCC(=O)NS(=O)(=O)c1ccccc1NC(=O)c1ccc2c(c1)CCC(c1cc(C(F)(F)F)cc(C(F)(F)F)c1)N2. The number of carbonyl (C=O) groups excluding carboxylic acids is 2. The Morgan fingerprint density at radius 2 is 1.57 bits per heavy atom. The molecular weight excluding hydrogens is 612 g/mol. The van der Waals surface area contributed by atoms with Gasteiger partial charge in [-0.3, -0.25) is 9.59 Å². The fourth-order valence-electron chi connectivity index (χ4n) is 4.86. The number of aryl methyl sites for hydroxylation is 1. The van der Waals surface area contributed by atoms with Crippen molar-refractivity contribution < 1.29 is 44.3 Å². The van der Waals surface area contributed by atoms with Crippen molar-refractivity contribution in [2.75, 3.05) is 10.6 Å². The molecule has 3 aromatic carbocycles. The highest BCUT2D eigenvalue weighted by molar-refractivity contribution is 7.90. The van der Waals surface area contributed by atoms with Gasteiger partial charge in [0.2, 0.25) is 5.91 Å². The molecule has 0 spiro atoms. The van der Waals surface area contributed by atoms with Crippen molar-refractivity contribution in [3.05, 3.63) is 88.5 Å². The van der Waals surface area contributed by atoms with E-state index in [0.29, 0.717) is 29.8 Å². The third-order valence-corrected chi connectivity index (χ3v) is 8.52. The van der Waals surface area contributed by atoms with Crippen LogP contribution in [0.4, 0.5) is 37.7 Å². The molecule has 0 radical (unpaired) electrons. The number of para-hydroxylation sites is 1. The monoisotopic (exact) mass is 641 g/mol. The van der Waals surface area contributed by atoms with Crippen LogP contribution in [0.1, 0.15) is 77.7 Å². The number of rotatable bonds is 9. The lowest BCUT2D eigenvalue weighted by atomic mass is 9.90. The zero-order chi connectivity index (χ0) is 32.3. The molecule has 0 fully saturated rings. The Morgan fingerprint density at radius 3 is 2.20 bits per heavy atom. The standard InChI is InChI=1S/C30H29F6N3O4S/c1-2-3-4-9-27(40)39-44(42,43)26-8-6-5-7-25(26)38-28(41)19-11-13-23-18(14-19)10-12-24(37-23)20-15-21(29(31,32)33)17-22(16-20)30(34,35)36/h5-8,11,13-17,24,37H,2-4,9-10,12H2,1H3,(H,38,41)(H,39,40). The van der Waals surface area contributed by atoms with Crippen LogP contribution in [0.3, 0.4) is 0 Å². The number of carbonyl (C=O) groups is 2. The van der Waals surface area contributed by atoms with Crippen molar-refractivity contribution in [1.82, 2.24) is 4.72 Å². The number of nitrogens with one attached hydrogen (secondary N) is 3. The lowest BCUT2D eigenvalue weighted by Crippen LogP contribution is -2.31. The molecule has 1 aliphatic rings. The van der Waals surface area contributed by atoms with E-state index >= 15 is 0 Å². The van der Waals surface area contributed by atoms with E-state index in [9.17, 15) is 44.3 Å². The average molecular weight is 642 g/mol. The molecule has 0 saturated carbocycles. The summed E-state index contributed by atoms with van der Waals surface area (Å²) in [7, 11) is -4.29. The second-order valence-corrected chi connectivity index (χ2v) is 12.0.